The zero-order valence-corrected chi connectivity index (χ0v) is 27.8. The maximum Gasteiger partial charge on any atom is 2.00 e. The van der Waals surface area contributed by atoms with Gasteiger partial charge < -0.3 is 9.36 Å². The number of anilines is 3. The molecule has 0 spiro atoms. The van der Waals surface area contributed by atoms with Crippen LogP contribution in [0.3, 0.4) is 0 Å². The summed E-state index contributed by atoms with van der Waals surface area (Å²) in [5, 5.41) is 9.76. The first-order valence-corrected chi connectivity index (χ1v) is 15.7. The molecule has 44 heavy (non-hydrogen) atoms. The van der Waals surface area contributed by atoms with Gasteiger partial charge in [0.2, 0.25) is 0 Å². The van der Waals surface area contributed by atoms with Crippen LogP contribution >= 0.6 is 0 Å². The Labute approximate surface area is 275 Å². The molecule has 2 saturated carbocycles. The summed E-state index contributed by atoms with van der Waals surface area (Å²) in [7, 11) is 0. The van der Waals surface area contributed by atoms with E-state index in [4.69, 9.17) is 20.2 Å². The van der Waals surface area contributed by atoms with E-state index in [2.05, 4.69) is 43.3 Å². The molecule has 0 unspecified atom stereocenters. The second-order valence-corrected chi connectivity index (χ2v) is 13.1. The van der Waals surface area contributed by atoms with E-state index in [9.17, 15) is 0 Å². The van der Waals surface area contributed by atoms with Crippen LogP contribution in [0.1, 0.15) is 76.6 Å². The van der Waals surface area contributed by atoms with Gasteiger partial charge >= 0.3 is 21.1 Å². The van der Waals surface area contributed by atoms with Crippen LogP contribution in [0.2, 0.25) is 0 Å². The van der Waals surface area contributed by atoms with Crippen molar-refractivity contribution in [2.45, 2.75) is 78.1 Å². The quantitative estimate of drug-likeness (QED) is 0.142. The molecule has 0 atom stereocenters. The van der Waals surface area contributed by atoms with E-state index in [1.165, 1.54) is 51.4 Å². The van der Waals surface area contributed by atoms with Gasteiger partial charge in [-0.25, -0.2) is 0 Å². The van der Waals surface area contributed by atoms with Crippen LogP contribution in [0.4, 0.5) is 17.3 Å². The molecule has 2 fully saturated rings. The van der Waals surface area contributed by atoms with E-state index < -0.39 is 0 Å². The van der Waals surface area contributed by atoms with E-state index >= 15 is 0 Å². The summed E-state index contributed by atoms with van der Waals surface area (Å²) in [5.74, 6) is 2.95. The molecule has 0 N–H and O–H groups in total. The normalized spacial score (nSPS) is 17.0. The molecule has 0 saturated heterocycles. The number of nitrogens with zero attached hydrogens (tertiary/aromatic N) is 7. The Kier molecular flexibility index (Phi) is 8.86. The molecule has 2 aliphatic rings. The van der Waals surface area contributed by atoms with Crippen LogP contribution in [-0.4, -0.2) is 29.5 Å². The van der Waals surface area contributed by atoms with E-state index in [0.29, 0.717) is 10.8 Å². The number of pyridine rings is 2. The minimum Gasteiger partial charge on any atom is -0.343 e. The Balaban J connectivity index is 0.00000343. The van der Waals surface area contributed by atoms with Gasteiger partial charge in [-0.3, -0.25) is 25.1 Å². The second-order valence-electron chi connectivity index (χ2n) is 13.1. The maximum atomic E-state index is 5.05. The summed E-state index contributed by atoms with van der Waals surface area (Å²) >= 11 is 0. The molecule has 8 heteroatoms. The number of hydrogen-bond donors (Lipinski definition) is 0. The number of benzene rings is 1. The molecule has 228 valence electrons. The molecule has 5 aromatic rings. The minimum absolute atomic E-state index is 0. The smallest absolute Gasteiger partial charge is 0.343 e. The van der Waals surface area contributed by atoms with Crippen molar-refractivity contribution >= 4 is 17.3 Å². The fourth-order valence-electron chi connectivity index (χ4n) is 7.00. The monoisotopic (exact) mass is 764 g/mol. The third-order valence-electron chi connectivity index (χ3n) is 9.35. The van der Waals surface area contributed by atoms with Gasteiger partial charge in [0.1, 0.15) is 11.6 Å². The molecule has 4 aromatic heterocycles. The van der Waals surface area contributed by atoms with Gasteiger partial charge in [-0.2, -0.15) is 0 Å². The third-order valence-corrected chi connectivity index (χ3v) is 9.35. The van der Waals surface area contributed by atoms with Crippen molar-refractivity contribution in [2.24, 2.45) is 10.8 Å². The van der Waals surface area contributed by atoms with Gasteiger partial charge in [0, 0.05) is 5.69 Å². The van der Waals surface area contributed by atoms with Crippen molar-refractivity contribution in [3.05, 3.63) is 103 Å². The Hall–Kier alpha value is -3.57. The van der Waals surface area contributed by atoms with E-state index in [-0.39, 0.29) is 21.1 Å². The van der Waals surface area contributed by atoms with Crippen LogP contribution < -0.4 is 4.90 Å². The second kappa shape index (κ2) is 12.8. The summed E-state index contributed by atoms with van der Waals surface area (Å²) in [6.45, 7) is 4.77. The predicted octanol–water partition coefficient (Wildman–Crippen LogP) is 8.16. The van der Waals surface area contributed by atoms with E-state index in [1.54, 1.807) is 9.36 Å². The van der Waals surface area contributed by atoms with Gasteiger partial charge in [-0.1, -0.05) is 94.4 Å². The summed E-state index contributed by atoms with van der Waals surface area (Å²) < 4.78 is 3.55. The zero-order valence-electron chi connectivity index (χ0n) is 25.5. The summed E-state index contributed by atoms with van der Waals surface area (Å²) in [5.41, 5.74) is 3.79. The van der Waals surface area contributed by atoms with Gasteiger partial charge in [-0.15, -0.1) is 12.1 Å². The molecular weight excluding hydrogens is 726 g/mol. The number of rotatable bonds is 9. The summed E-state index contributed by atoms with van der Waals surface area (Å²) in [6, 6.07) is 26.3. The van der Waals surface area contributed by atoms with Gasteiger partial charge in [0.15, 0.2) is 0 Å². The van der Waals surface area contributed by atoms with Crippen LogP contribution in [0.15, 0.2) is 78.9 Å². The molecule has 7 rings (SSSR count). The van der Waals surface area contributed by atoms with Crippen molar-refractivity contribution in [3.63, 3.8) is 0 Å². The average molecular weight is 765 g/mol. The molecule has 0 amide bonds. The molecule has 0 bridgehead atoms. The molecule has 1 aromatic carbocycles. The van der Waals surface area contributed by atoms with Crippen molar-refractivity contribution < 1.29 is 21.1 Å². The fraction of sp³-hybridized carbons (Fsp3) is 0.389. The molecule has 2 aliphatic carbocycles. The van der Waals surface area contributed by atoms with Crippen LogP contribution in [-0.2, 0) is 33.9 Å². The summed E-state index contributed by atoms with van der Waals surface area (Å²) in [4.78, 5) is 12.2. The van der Waals surface area contributed by atoms with Crippen LogP contribution in [0.5, 0.6) is 0 Å². The zero-order chi connectivity index (χ0) is 29.3. The Morgan fingerprint density at radius 3 is 1.55 bits per heavy atom. The Morgan fingerprint density at radius 1 is 0.636 bits per heavy atom. The molecular formula is C36H39N7Pt. The third kappa shape index (κ3) is 6.58. The first kappa shape index (κ1) is 30.5. The van der Waals surface area contributed by atoms with Gasteiger partial charge in [0.05, 0.1) is 11.6 Å². The van der Waals surface area contributed by atoms with Crippen molar-refractivity contribution in [2.75, 3.05) is 4.90 Å². The predicted molar refractivity (Wildman–Crippen MR) is 169 cm³/mol. The van der Waals surface area contributed by atoms with E-state index in [1.807, 2.05) is 66.7 Å². The van der Waals surface area contributed by atoms with Gasteiger partial charge in [-0.05, 0) is 85.0 Å². The number of aromatic nitrogens is 6. The first-order chi connectivity index (χ1) is 21.0. The molecule has 0 radical (unpaired) electrons. The number of hydrogen-bond acceptors (Lipinski definition) is 5. The SMILES string of the molecule is CC1(Cc2c[c-]n(-c3cccc(N(c4ccccc4)c4cccc(-n5[c-]cc(CC6(C)CCCC6)n5)n4)n3)n2)CCCC1.[Pt+2]. The standard InChI is InChI=1S/C36H39N7.Pt/c1-35(20-6-7-21-35)26-28-18-24-41(39-28)31-14-10-16-33(37-31)43(30-12-4-3-5-13-30)34-17-11-15-32(38-34)42-25-19-29(40-42)27-36(2)22-8-9-23-36;/h3-5,10-19H,6-9,20-23,26-27H2,1-2H3;/q-2;+2. The molecule has 7 nitrogen and oxygen atoms in total. The topological polar surface area (TPSA) is 64.7 Å². The number of para-hydroxylation sites is 1. The average Bonchev–Trinajstić information content (AvgIpc) is 3.84. The molecule has 4 heterocycles. The maximum absolute atomic E-state index is 5.05. The molecule has 0 aliphatic heterocycles. The van der Waals surface area contributed by atoms with Crippen molar-refractivity contribution in [3.8, 4) is 11.6 Å². The Bertz CT molecular complexity index is 1570. The summed E-state index contributed by atoms with van der Waals surface area (Å²) in [6.07, 6.45) is 18.9. The van der Waals surface area contributed by atoms with Crippen molar-refractivity contribution in [1.82, 2.24) is 29.5 Å². The van der Waals surface area contributed by atoms with Crippen LogP contribution in [0.25, 0.3) is 11.6 Å². The van der Waals surface area contributed by atoms with E-state index in [0.717, 1.165) is 53.2 Å². The van der Waals surface area contributed by atoms with Gasteiger partial charge in [0.25, 0.3) is 0 Å². The first-order valence-electron chi connectivity index (χ1n) is 15.7. The van der Waals surface area contributed by atoms with Crippen LogP contribution in [0, 0.1) is 23.2 Å². The van der Waals surface area contributed by atoms with Crippen molar-refractivity contribution in [1.29, 1.82) is 0 Å². The fourth-order valence-corrected chi connectivity index (χ4v) is 7.00. The largest absolute Gasteiger partial charge is 2.00 e. The minimum atomic E-state index is 0. The Morgan fingerprint density at radius 2 is 1.09 bits per heavy atom.